The molecule has 2 aromatic rings. The minimum absolute atomic E-state index is 0. The highest BCUT2D eigenvalue weighted by Gasteiger charge is 2.49. The molecule has 4 saturated heterocycles. The van der Waals surface area contributed by atoms with Crippen LogP contribution in [0.4, 0.5) is 14.4 Å². The number of nitrogens with two attached hydrogens (primary N) is 1. The van der Waals surface area contributed by atoms with E-state index in [4.69, 9.17) is 30.3 Å². The number of carboxylic acid groups (broad SMARTS) is 1. The fourth-order valence-electron chi connectivity index (χ4n) is 6.84. The molecule has 0 spiro atoms. The van der Waals surface area contributed by atoms with E-state index in [1.54, 1.807) is 25.5 Å². The highest BCUT2D eigenvalue weighted by molar-refractivity contribution is 7.90. The Hall–Kier alpha value is -5.15. The summed E-state index contributed by atoms with van der Waals surface area (Å²) in [5.41, 5.74) is 3.49. The molecule has 4 aliphatic heterocycles. The quantitative estimate of drug-likeness (QED) is 0.106. The van der Waals surface area contributed by atoms with Crippen molar-refractivity contribution in [3.8, 4) is 0 Å². The average Bonchev–Trinajstić information content (AvgIpc) is 3.60. The summed E-state index contributed by atoms with van der Waals surface area (Å²) in [6.07, 6.45) is 2.54. The molecule has 2 aromatic carbocycles. The Balaban J connectivity index is 0.000000513. The second kappa shape index (κ2) is 27.6. The summed E-state index contributed by atoms with van der Waals surface area (Å²) in [5, 5.41) is 11.8. The van der Waals surface area contributed by atoms with Crippen molar-refractivity contribution in [2.45, 2.75) is 118 Å². The monoisotopic (exact) mass is 990 g/mol. The predicted octanol–water partition coefficient (Wildman–Crippen LogP) is 3.48. The van der Waals surface area contributed by atoms with Crippen LogP contribution in [0.25, 0.3) is 0 Å². The molecule has 0 unspecified atom stereocenters. The summed E-state index contributed by atoms with van der Waals surface area (Å²) in [6.45, 7) is 6.49. The molecule has 67 heavy (non-hydrogen) atoms. The zero-order valence-corrected chi connectivity index (χ0v) is 37.8. The Morgan fingerprint density at radius 3 is 1.69 bits per heavy atom. The summed E-state index contributed by atoms with van der Waals surface area (Å²) in [4.78, 5) is 82.8. The van der Waals surface area contributed by atoms with E-state index in [1.807, 2.05) is 60.7 Å². The smallest absolute Gasteiger partial charge is 0.421 e. The molecule has 23 nitrogen and oxygen atoms in total. The number of hydrogen-bond acceptors (Lipinski definition) is 15. The van der Waals surface area contributed by atoms with Gasteiger partial charge in [0.25, 0.3) is 5.91 Å². The molecule has 6 N–H and O–H groups in total. The maximum Gasteiger partial charge on any atom is 0.421 e. The highest BCUT2D eigenvalue weighted by Crippen LogP contribution is 2.32. The van der Waals surface area contributed by atoms with Gasteiger partial charge in [-0.05, 0) is 64.0 Å². The van der Waals surface area contributed by atoms with E-state index in [-0.39, 0.29) is 85.0 Å². The molecule has 4 bridgehead atoms. The molecule has 6 amide bonds. The number of nitrogens with zero attached hydrogens (tertiary/aromatic N) is 4. The Morgan fingerprint density at radius 1 is 0.761 bits per heavy atom. The summed E-state index contributed by atoms with van der Waals surface area (Å²) in [5.74, 6) is 3.11. The van der Waals surface area contributed by atoms with Gasteiger partial charge in [-0.2, -0.15) is 10.1 Å². The second-order valence-corrected chi connectivity index (χ2v) is 19.7. The van der Waals surface area contributed by atoms with Crippen molar-refractivity contribution in [2.24, 2.45) is 5.90 Å². The van der Waals surface area contributed by atoms with Gasteiger partial charge < -0.3 is 24.5 Å². The van der Waals surface area contributed by atoms with E-state index < -0.39 is 55.7 Å². The minimum Gasteiger partial charge on any atom is -0.480 e. The number of benzene rings is 2. The Bertz CT molecular complexity index is 2100. The van der Waals surface area contributed by atoms with Crippen LogP contribution in [0.2, 0.25) is 0 Å². The molecule has 4 aliphatic rings. The SMILES string of the molecule is C.C.C.CC(C)(C)OC(=O)NS(=O)(=O)CCCON.CS(=O)(=O)NCCONC(=O)[C@@H]1CC[C@@H]2CN1C(=O)N2OCc1ccccc1.O=C(O)[C@@H]1CC[C@@H]2CN1C(=O)N2OCc1ccccc1. The van der Waals surface area contributed by atoms with Gasteiger partial charge in [0.05, 0.1) is 37.3 Å². The topological polar surface area (TPSA) is 295 Å². The van der Waals surface area contributed by atoms with Crippen LogP contribution in [0, 0.1) is 0 Å². The number of amides is 6. The number of carbonyl (C=O) groups excluding carboxylic acids is 4. The molecule has 4 heterocycles. The van der Waals surface area contributed by atoms with Crippen LogP contribution < -0.4 is 20.8 Å². The predicted molar refractivity (Wildman–Crippen MR) is 247 cm³/mol. The zero-order valence-electron chi connectivity index (χ0n) is 36.1. The zero-order chi connectivity index (χ0) is 47.1. The fraction of sp³-hybridized carbons (Fsp3) is 0.595. The third kappa shape index (κ3) is 19.5. The molecule has 380 valence electrons. The number of rotatable bonds is 18. The number of aliphatic carboxylic acids is 1. The number of carbonyl (C=O) groups is 5. The van der Waals surface area contributed by atoms with E-state index >= 15 is 0 Å². The first-order chi connectivity index (χ1) is 30.2. The van der Waals surface area contributed by atoms with Gasteiger partial charge in [-0.1, -0.05) is 82.9 Å². The number of carboxylic acids is 1. The van der Waals surface area contributed by atoms with Crippen molar-refractivity contribution >= 4 is 50.1 Å². The number of sulfonamides is 2. The van der Waals surface area contributed by atoms with Gasteiger partial charge in [-0.15, -0.1) is 0 Å². The lowest BCUT2D eigenvalue weighted by atomic mass is 10.0. The lowest BCUT2D eigenvalue weighted by molar-refractivity contribution is -0.143. The first-order valence-electron chi connectivity index (χ1n) is 20.4. The van der Waals surface area contributed by atoms with Crippen molar-refractivity contribution in [2.75, 3.05) is 44.9 Å². The van der Waals surface area contributed by atoms with Gasteiger partial charge in [0.15, 0.2) is 0 Å². The van der Waals surface area contributed by atoms with Gasteiger partial charge in [0, 0.05) is 19.6 Å². The van der Waals surface area contributed by atoms with Crippen molar-refractivity contribution in [1.82, 2.24) is 34.9 Å². The first kappa shape index (κ1) is 59.9. The standard InChI is InChI=1S/C17H24N4O6S.C14H16N2O4.C8H18N2O5S.3CH4/c1-28(24,25)18-9-10-26-19-16(22)15-8-7-14-11-20(15)17(23)21(14)27-12-13-5-3-2-4-6-13;17-13(18)12-7-6-11-8-15(12)14(19)16(11)20-9-10-4-2-1-3-5-10;1-8(2,3)15-7(11)10-16(12,13)6-4-5-14-9;;;/h2-6,14-15,18H,7-12H2,1H3,(H,19,22);1-5,11-12H,6-9H2,(H,17,18);4-6,9H2,1-3H3,(H,10,11);3*1H4/t14-,15+;11-,12+;;;;/m11..../s1. The largest absolute Gasteiger partial charge is 0.480 e. The van der Waals surface area contributed by atoms with Gasteiger partial charge in [-0.25, -0.2) is 56.8 Å². The lowest BCUT2D eigenvalue weighted by Gasteiger charge is -2.28. The number of piperidine rings is 2. The van der Waals surface area contributed by atoms with Gasteiger partial charge >= 0.3 is 24.1 Å². The van der Waals surface area contributed by atoms with Crippen LogP contribution in [0.1, 0.15) is 86.3 Å². The number of urea groups is 2. The lowest BCUT2D eigenvalue weighted by Crippen LogP contribution is -2.50. The molecule has 0 saturated carbocycles. The molecular weight excluding hydrogens is 921 g/mol. The summed E-state index contributed by atoms with van der Waals surface area (Å²) in [6, 6.07) is 17.0. The molecule has 4 atom stereocenters. The molecule has 25 heteroatoms. The van der Waals surface area contributed by atoms with Gasteiger partial charge in [0.2, 0.25) is 20.0 Å². The second-order valence-electron chi connectivity index (χ2n) is 16.0. The van der Waals surface area contributed by atoms with Crippen LogP contribution in [0.15, 0.2) is 60.7 Å². The maximum atomic E-state index is 12.6. The third-order valence-electron chi connectivity index (χ3n) is 9.71. The normalized spacial score (nSPS) is 19.5. The number of fused-ring (bicyclic) bond motifs is 4. The fourth-order valence-corrected chi connectivity index (χ4v) is 8.19. The Labute approximate surface area is 394 Å². The molecule has 4 fully saturated rings. The van der Waals surface area contributed by atoms with Crippen LogP contribution in [-0.2, 0) is 66.9 Å². The van der Waals surface area contributed by atoms with Crippen molar-refractivity contribution in [1.29, 1.82) is 0 Å². The van der Waals surface area contributed by atoms with Crippen molar-refractivity contribution in [3.05, 3.63) is 71.8 Å². The number of hydroxylamine groups is 5. The minimum atomic E-state index is -3.69. The third-order valence-corrected chi connectivity index (χ3v) is 11.7. The molecule has 0 aliphatic carbocycles. The molecular formula is C42H70N8O15S2. The summed E-state index contributed by atoms with van der Waals surface area (Å²) >= 11 is 0. The van der Waals surface area contributed by atoms with Crippen LogP contribution in [0.5, 0.6) is 0 Å². The van der Waals surface area contributed by atoms with Gasteiger partial charge in [-0.3, -0.25) is 19.3 Å². The summed E-state index contributed by atoms with van der Waals surface area (Å²) < 4.78 is 53.3. The number of hydrogen-bond donors (Lipinski definition) is 5. The average molecular weight is 991 g/mol. The number of nitrogens with one attached hydrogen (secondary N) is 3. The van der Waals surface area contributed by atoms with Crippen LogP contribution in [0.3, 0.4) is 0 Å². The molecule has 0 radical (unpaired) electrons. The Kier molecular flexibility index (Phi) is 24.7. The van der Waals surface area contributed by atoms with E-state index in [2.05, 4.69) is 15.0 Å². The van der Waals surface area contributed by atoms with E-state index in [1.165, 1.54) is 19.9 Å². The Morgan fingerprint density at radius 2 is 1.24 bits per heavy atom. The molecule has 6 rings (SSSR count). The van der Waals surface area contributed by atoms with Crippen molar-refractivity contribution < 1.29 is 70.0 Å². The molecule has 0 aromatic heterocycles. The van der Waals surface area contributed by atoms with Gasteiger partial charge in [0.1, 0.15) is 30.9 Å². The van der Waals surface area contributed by atoms with Crippen molar-refractivity contribution in [3.63, 3.8) is 0 Å². The maximum absolute atomic E-state index is 12.6. The van der Waals surface area contributed by atoms with E-state index in [9.17, 15) is 40.8 Å². The van der Waals surface area contributed by atoms with E-state index in [0.717, 1.165) is 17.4 Å². The van der Waals surface area contributed by atoms with Crippen LogP contribution in [-0.4, -0.2) is 147 Å². The first-order valence-corrected chi connectivity index (χ1v) is 23.9. The van der Waals surface area contributed by atoms with Crippen LogP contribution >= 0.6 is 0 Å². The van der Waals surface area contributed by atoms with E-state index in [0.29, 0.717) is 45.4 Å². The number of ether oxygens (including phenoxy) is 1. The highest BCUT2D eigenvalue weighted by atomic mass is 32.2. The summed E-state index contributed by atoms with van der Waals surface area (Å²) in [7, 11) is -6.99.